The van der Waals surface area contributed by atoms with Crippen LogP contribution in [0.3, 0.4) is 0 Å². The van der Waals surface area contributed by atoms with E-state index in [0.29, 0.717) is 28.3 Å². The smallest absolute Gasteiger partial charge is 0.305 e. The van der Waals surface area contributed by atoms with Crippen LogP contribution in [0, 0.1) is 5.82 Å². The predicted molar refractivity (Wildman–Crippen MR) is 139 cm³/mol. The van der Waals surface area contributed by atoms with Gasteiger partial charge in [-0.3, -0.25) is 9.78 Å². The van der Waals surface area contributed by atoms with Crippen LogP contribution in [0.25, 0.3) is 17.2 Å². The Morgan fingerprint density at radius 3 is 2.46 bits per heavy atom. The number of hydrogen-bond acceptors (Lipinski definition) is 6. The molecule has 3 N–H and O–H groups in total. The summed E-state index contributed by atoms with van der Waals surface area (Å²) in [5.74, 6) is -0.550. The topological polar surface area (TPSA) is 109 Å². The Labute approximate surface area is 215 Å². The summed E-state index contributed by atoms with van der Waals surface area (Å²) >= 11 is 0. The van der Waals surface area contributed by atoms with E-state index in [-0.39, 0.29) is 24.8 Å². The van der Waals surface area contributed by atoms with Crippen LogP contribution in [-0.4, -0.2) is 45.6 Å². The van der Waals surface area contributed by atoms with Gasteiger partial charge < -0.3 is 24.8 Å². The summed E-state index contributed by atoms with van der Waals surface area (Å²) in [6, 6.07) is 13.4. The van der Waals surface area contributed by atoms with Gasteiger partial charge in [-0.05, 0) is 52.9 Å². The maximum atomic E-state index is 13.8. The normalized spacial score (nSPS) is 13.1. The molecule has 3 aromatic rings. The number of rotatable bonds is 12. The number of aromatic nitrogens is 1. The van der Waals surface area contributed by atoms with Gasteiger partial charge >= 0.3 is 5.97 Å². The minimum Gasteiger partial charge on any atom is -0.493 e. The maximum absolute atomic E-state index is 13.8. The number of nitrogens with zero attached hydrogens (tertiary/aromatic N) is 1. The largest absolute Gasteiger partial charge is 0.493 e. The molecule has 3 rings (SSSR count). The number of aliphatic hydroxyl groups is 2. The second kappa shape index (κ2) is 13.0. The number of carbonyl (C=O) groups is 1. The van der Waals surface area contributed by atoms with Crippen molar-refractivity contribution in [2.24, 2.45) is 0 Å². The van der Waals surface area contributed by atoms with Crippen molar-refractivity contribution < 1.29 is 34.0 Å². The molecule has 0 saturated carbocycles. The number of halogens is 1. The highest BCUT2D eigenvalue weighted by atomic mass is 19.1. The number of methoxy groups -OCH3 is 1. The molecular weight excluding hydrogens is 477 g/mol. The number of carboxylic acids is 1. The fraction of sp³-hybridized carbons (Fsp3) is 0.310. The summed E-state index contributed by atoms with van der Waals surface area (Å²) in [4.78, 5) is 15.2. The van der Waals surface area contributed by atoms with Crippen molar-refractivity contribution in [1.29, 1.82) is 0 Å². The van der Waals surface area contributed by atoms with Gasteiger partial charge in [-0.15, -0.1) is 0 Å². The summed E-state index contributed by atoms with van der Waals surface area (Å²) in [6.45, 7) is 4.20. The molecule has 0 aliphatic heterocycles. The van der Waals surface area contributed by atoms with Gasteiger partial charge in [-0.2, -0.15) is 0 Å². The fourth-order valence-electron chi connectivity index (χ4n) is 4.01. The molecule has 0 radical (unpaired) electrons. The zero-order valence-electron chi connectivity index (χ0n) is 21.1. The lowest BCUT2D eigenvalue weighted by Crippen LogP contribution is -2.19. The van der Waals surface area contributed by atoms with Crippen LogP contribution >= 0.6 is 0 Å². The van der Waals surface area contributed by atoms with E-state index in [1.165, 1.54) is 18.2 Å². The van der Waals surface area contributed by atoms with Gasteiger partial charge in [0.15, 0.2) is 11.5 Å². The third-order valence-electron chi connectivity index (χ3n) is 5.79. The van der Waals surface area contributed by atoms with Crippen LogP contribution in [0.15, 0.2) is 60.8 Å². The lowest BCUT2D eigenvalue weighted by Gasteiger charge is -2.22. The van der Waals surface area contributed by atoms with E-state index < -0.39 is 24.6 Å². The SMILES string of the molecule is COc1cc(C(C)C)c(C=CC(O)CC(O)CC(=O)O)c(-c2ccc(F)cc2)c1OCc1ccccn1. The third-order valence-corrected chi connectivity index (χ3v) is 5.79. The second-order valence-corrected chi connectivity index (χ2v) is 8.97. The Morgan fingerprint density at radius 1 is 1.14 bits per heavy atom. The average Bonchev–Trinajstić information content (AvgIpc) is 2.86. The van der Waals surface area contributed by atoms with Crippen molar-refractivity contribution in [3.63, 3.8) is 0 Å². The van der Waals surface area contributed by atoms with E-state index in [4.69, 9.17) is 14.6 Å². The summed E-state index contributed by atoms with van der Waals surface area (Å²) in [7, 11) is 1.55. The molecule has 0 spiro atoms. The monoisotopic (exact) mass is 509 g/mol. The van der Waals surface area contributed by atoms with Gasteiger partial charge in [0.1, 0.15) is 12.4 Å². The van der Waals surface area contributed by atoms with E-state index in [9.17, 15) is 19.4 Å². The first-order valence-electron chi connectivity index (χ1n) is 12.0. The third kappa shape index (κ3) is 7.62. The van der Waals surface area contributed by atoms with Crippen LogP contribution in [-0.2, 0) is 11.4 Å². The predicted octanol–water partition coefficient (Wildman–Crippen LogP) is 5.20. The van der Waals surface area contributed by atoms with Crippen molar-refractivity contribution in [2.45, 2.75) is 51.4 Å². The molecule has 0 amide bonds. The van der Waals surface area contributed by atoms with E-state index in [0.717, 1.165) is 11.1 Å². The maximum Gasteiger partial charge on any atom is 0.305 e. The van der Waals surface area contributed by atoms with Gasteiger partial charge in [0.25, 0.3) is 0 Å². The highest BCUT2D eigenvalue weighted by Gasteiger charge is 2.23. The van der Waals surface area contributed by atoms with Crippen LogP contribution in [0.1, 0.15) is 49.4 Å². The van der Waals surface area contributed by atoms with Crippen molar-refractivity contribution in [3.8, 4) is 22.6 Å². The number of aliphatic hydroxyl groups excluding tert-OH is 2. The van der Waals surface area contributed by atoms with Gasteiger partial charge in [0, 0.05) is 18.2 Å². The lowest BCUT2D eigenvalue weighted by molar-refractivity contribution is -0.139. The highest BCUT2D eigenvalue weighted by molar-refractivity contribution is 5.85. The minimum atomic E-state index is -1.19. The Kier molecular flexibility index (Phi) is 9.77. The number of pyridine rings is 1. The van der Waals surface area contributed by atoms with Gasteiger partial charge in [-0.25, -0.2) is 4.39 Å². The van der Waals surface area contributed by atoms with Crippen LogP contribution < -0.4 is 9.47 Å². The molecule has 0 aliphatic rings. The molecule has 1 aromatic heterocycles. The summed E-state index contributed by atoms with van der Waals surface area (Å²) in [5.41, 5.74) is 3.66. The molecule has 7 nitrogen and oxygen atoms in total. The Bertz CT molecular complexity index is 1210. The van der Waals surface area contributed by atoms with Gasteiger partial charge in [0.05, 0.1) is 31.4 Å². The van der Waals surface area contributed by atoms with E-state index in [1.54, 1.807) is 31.5 Å². The highest BCUT2D eigenvalue weighted by Crippen LogP contribution is 2.45. The van der Waals surface area contributed by atoms with Crippen molar-refractivity contribution in [2.75, 3.05) is 7.11 Å². The van der Waals surface area contributed by atoms with Crippen LogP contribution in [0.5, 0.6) is 11.5 Å². The second-order valence-electron chi connectivity index (χ2n) is 8.97. The molecule has 0 aliphatic carbocycles. The average molecular weight is 510 g/mol. The number of carboxylic acid groups (broad SMARTS) is 1. The molecule has 1 heterocycles. The zero-order valence-corrected chi connectivity index (χ0v) is 21.1. The number of ether oxygens (including phenoxy) is 2. The van der Waals surface area contributed by atoms with Crippen LogP contribution in [0.2, 0.25) is 0 Å². The molecule has 196 valence electrons. The molecule has 0 bridgehead atoms. The quantitative estimate of drug-likeness (QED) is 0.308. The Hall–Kier alpha value is -3.75. The molecule has 2 unspecified atom stereocenters. The summed E-state index contributed by atoms with van der Waals surface area (Å²) in [6.07, 6.45) is 2.03. The van der Waals surface area contributed by atoms with Crippen LogP contribution in [0.4, 0.5) is 4.39 Å². The molecule has 2 atom stereocenters. The van der Waals surface area contributed by atoms with Crippen molar-refractivity contribution in [3.05, 3.63) is 83.4 Å². The summed E-state index contributed by atoms with van der Waals surface area (Å²) in [5, 5.41) is 29.3. The Morgan fingerprint density at radius 2 is 1.86 bits per heavy atom. The molecule has 37 heavy (non-hydrogen) atoms. The van der Waals surface area contributed by atoms with Gasteiger partial charge in [-0.1, -0.05) is 44.2 Å². The van der Waals surface area contributed by atoms with E-state index >= 15 is 0 Å². The standard InChI is InChI=1S/C29H32FNO6/c1-18(2)25-16-26(36-3)29(37-17-21-6-4-5-13-31-21)28(19-7-9-20(30)10-8-19)24(25)12-11-22(32)14-23(33)15-27(34)35/h4-13,16,18,22-23,32-33H,14-15,17H2,1-3H3,(H,34,35). The van der Waals surface area contributed by atoms with E-state index in [1.807, 2.05) is 38.1 Å². The first-order valence-corrected chi connectivity index (χ1v) is 12.0. The number of hydrogen-bond donors (Lipinski definition) is 3. The Balaban J connectivity index is 2.13. The molecule has 2 aromatic carbocycles. The zero-order chi connectivity index (χ0) is 26.9. The molecule has 0 saturated heterocycles. The van der Waals surface area contributed by atoms with Crippen molar-refractivity contribution >= 4 is 12.0 Å². The van der Waals surface area contributed by atoms with Crippen molar-refractivity contribution in [1.82, 2.24) is 4.98 Å². The first kappa shape index (κ1) is 27.8. The summed E-state index contributed by atoms with van der Waals surface area (Å²) < 4.78 is 25.8. The molecule has 8 heteroatoms. The minimum absolute atomic E-state index is 0.0485. The number of benzene rings is 2. The lowest BCUT2D eigenvalue weighted by atomic mass is 9.88. The van der Waals surface area contributed by atoms with Gasteiger partial charge in [0.2, 0.25) is 0 Å². The number of aliphatic carboxylic acids is 1. The fourth-order valence-corrected chi connectivity index (χ4v) is 4.01. The first-order chi connectivity index (χ1) is 17.7. The van der Waals surface area contributed by atoms with E-state index in [2.05, 4.69) is 4.98 Å². The molecular formula is C29H32FNO6. The molecule has 0 fully saturated rings.